The van der Waals surface area contributed by atoms with E-state index in [4.69, 9.17) is 0 Å². The van der Waals surface area contributed by atoms with Gasteiger partial charge >= 0.3 is 0 Å². The molecule has 2 fully saturated rings. The molecule has 0 atom stereocenters. The number of carbonyl (C=O) groups excluding carboxylic acids is 1. The maximum atomic E-state index is 12.0. The number of piperazine rings is 1. The molecule has 2 aliphatic rings. The van der Waals surface area contributed by atoms with Crippen LogP contribution in [0.3, 0.4) is 0 Å². The quantitative estimate of drug-likeness (QED) is 0.771. The standard InChI is InChI=1S/C13H25N3O/c1-11(2)3-4-15-5-7-16(8-6-15)13(17)12-9-14-10-12/h11-12,14H,3-10H2,1-2H3. The summed E-state index contributed by atoms with van der Waals surface area (Å²) in [5, 5.41) is 3.16. The molecule has 0 aromatic heterocycles. The SMILES string of the molecule is CC(C)CCN1CCN(C(=O)C2CNC2)CC1. The molecule has 0 radical (unpaired) electrons. The lowest BCUT2D eigenvalue weighted by molar-refractivity contribution is -0.138. The van der Waals surface area contributed by atoms with Crippen LogP contribution < -0.4 is 5.32 Å². The Balaban J connectivity index is 1.68. The smallest absolute Gasteiger partial charge is 0.228 e. The number of hydrogen-bond donors (Lipinski definition) is 1. The van der Waals surface area contributed by atoms with Crippen molar-refractivity contribution in [1.29, 1.82) is 0 Å². The van der Waals surface area contributed by atoms with Gasteiger partial charge in [0.15, 0.2) is 0 Å². The molecule has 1 amide bonds. The molecule has 4 nitrogen and oxygen atoms in total. The highest BCUT2D eigenvalue weighted by Crippen LogP contribution is 2.12. The molecule has 2 heterocycles. The summed E-state index contributed by atoms with van der Waals surface area (Å²) >= 11 is 0. The third kappa shape index (κ3) is 3.42. The minimum Gasteiger partial charge on any atom is -0.340 e. The van der Waals surface area contributed by atoms with Gasteiger partial charge in [0, 0.05) is 39.3 Å². The molecule has 2 rings (SSSR count). The number of amides is 1. The number of carbonyl (C=O) groups is 1. The predicted molar refractivity (Wildman–Crippen MR) is 68.8 cm³/mol. The van der Waals surface area contributed by atoms with E-state index in [0.29, 0.717) is 5.91 Å². The lowest BCUT2D eigenvalue weighted by Crippen LogP contribution is -2.56. The fraction of sp³-hybridized carbons (Fsp3) is 0.923. The Morgan fingerprint density at radius 2 is 1.88 bits per heavy atom. The van der Waals surface area contributed by atoms with E-state index in [-0.39, 0.29) is 5.92 Å². The van der Waals surface area contributed by atoms with Gasteiger partial charge in [-0.1, -0.05) is 13.8 Å². The normalized spacial score (nSPS) is 22.9. The van der Waals surface area contributed by atoms with Crippen LogP contribution in [0.2, 0.25) is 0 Å². The van der Waals surface area contributed by atoms with Crippen molar-refractivity contribution in [3.8, 4) is 0 Å². The maximum absolute atomic E-state index is 12.0. The summed E-state index contributed by atoms with van der Waals surface area (Å²) in [5.74, 6) is 1.40. The minimum absolute atomic E-state index is 0.261. The van der Waals surface area contributed by atoms with E-state index in [2.05, 4.69) is 29.0 Å². The fourth-order valence-electron chi connectivity index (χ4n) is 2.35. The number of rotatable bonds is 4. The van der Waals surface area contributed by atoms with Crippen molar-refractivity contribution in [3.63, 3.8) is 0 Å². The van der Waals surface area contributed by atoms with Gasteiger partial charge in [-0.2, -0.15) is 0 Å². The van der Waals surface area contributed by atoms with Crippen LogP contribution in [0, 0.1) is 11.8 Å². The van der Waals surface area contributed by atoms with Crippen LogP contribution in [0.15, 0.2) is 0 Å². The third-order valence-corrected chi connectivity index (χ3v) is 3.84. The Kier molecular flexibility index (Phi) is 4.40. The van der Waals surface area contributed by atoms with Crippen LogP contribution >= 0.6 is 0 Å². The third-order valence-electron chi connectivity index (χ3n) is 3.84. The van der Waals surface area contributed by atoms with E-state index in [1.54, 1.807) is 0 Å². The Labute approximate surface area is 104 Å². The topological polar surface area (TPSA) is 35.6 Å². The van der Waals surface area contributed by atoms with E-state index in [1.807, 2.05) is 0 Å². The summed E-state index contributed by atoms with van der Waals surface area (Å²) in [4.78, 5) is 16.6. The molecule has 0 aliphatic carbocycles. The highest BCUT2D eigenvalue weighted by atomic mass is 16.2. The molecule has 0 saturated carbocycles. The summed E-state index contributed by atoms with van der Waals surface area (Å²) < 4.78 is 0. The number of hydrogen-bond acceptors (Lipinski definition) is 3. The second-order valence-electron chi connectivity index (χ2n) is 5.70. The van der Waals surface area contributed by atoms with Gasteiger partial charge < -0.3 is 10.2 Å². The van der Waals surface area contributed by atoms with Crippen LogP contribution in [-0.2, 0) is 4.79 Å². The highest BCUT2D eigenvalue weighted by molar-refractivity contribution is 5.80. The first-order valence-electron chi connectivity index (χ1n) is 6.88. The van der Waals surface area contributed by atoms with Crippen molar-refractivity contribution in [3.05, 3.63) is 0 Å². The van der Waals surface area contributed by atoms with Gasteiger partial charge in [0.2, 0.25) is 5.91 Å². The predicted octanol–water partition coefficient (Wildman–Crippen LogP) is 0.396. The first-order chi connectivity index (χ1) is 8.16. The van der Waals surface area contributed by atoms with E-state index in [0.717, 1.165) is 45.2 Å². The molecule has 17 heavy (non-hydrogen) atoms. The zero-order valence-electron chi connectivity index (χ0n) is 11.1. The molecule has 98 valence electrons. The van der Waals surface area contributed by atoms with Crippen LogP contribution in [0.25, 0.3) is 0 Å². The number of nitrogens with one attached hydrogen (secondary N) is 1. The van der Waals surface area contributed by atoms with Crippen LogP contribution in [0.5, 0.6) is 0 Å². The van der Waals surface area contributed by atoms with Gasteiger partial charge in [-0.3, -0.25) is 9.69 Å². The van der Waals surface area contributed by atoms with E-state index < -0.39 is 0 Å². The number of nitrogens with zero attached hydrogens (tertiary/aromatic N) is 2. The van der Waals surface area contributed by atoms with E-state index >= 15 is 0 Å². The Bertz CT molecular complexity index is 255. The molecular formula is C13H25N3O. The molecule has 0 spiro atoms. The Hall–Kier alpha value is -0.610. The fourth-order valence-corrected chi connectivity index (χ4v) is 2.35. The lowest BCUT2D eigenvalue weighted by atomic mass is 10.0. The second-order valence-corrected chi connectivity index (χ2v) is 5.70. The molecule has 0 bridgehead atoms. The lowest BCUT2D eigenvalue weighted by Gasteiger charge is -2.38. The highest BCUT2D eigenvalue weighted by Gasteiger charge is 2.30. The van der Waals surface area contributed by atoms with Crippen molar-refractivity contribution >= 4 is 5.91 Å². The van der Waals surface area contributed by atoms with Gasteiger partial charge in [-0.05, 0) is 18.9 Å². The average molecular weight is 239 g/mol. The van der Waals surface area contributed by atoms with Crippen LogP contribution in [-0.4, -0.2) is 61.5 Å². The molecular weight excluding hydrogens is 214 g/mol. The first-order valence-corrected chi connectivity index (χ1v) is 6.88. The Morgan fingerprint density at radius 3 is 2.35 bits per heavy atom. The molecule has 0 unspecified atom stereocenters. The summed E-state index contributed by atoms with van der Waals surface area (Å²) in [6, 6.07) is 0. The summed E-state index contributed by atoms with van der Waals surface area (Å²) in [7, 11) is 0. The van der Waals surface area contributed by atoms with Crippen LogP contribution in [0.1, 0.15) is 20.3 Å². The zero-order valence-corrected chi connectivity index (χ0v) is 11.1. The largest absolute Gasteiger partial charge is 0.340 e. The summed E-state index contributed by atoms with van der Waals surface area (Å²) in [6.45, 7) is 11.4. The van der Waals surface area contributed by atoms with E-state index in [9.17, 15) is 4.79 Å². The monoisotopic (exact) mass is 239 g/mol. The second kappa shape index (κ2) is 5.83. The average Bonchev–Trinajstić information content (AvgIpc) is 2.24. The first kappa shape index (κ1) is 12.8. The van der Waals surface area contributed by atoms with Crippen molar-refractivity contribution in [2.45, 2.75) is 20.3 Å². The summed E-state index contributed by atoms with van der Waals surface area (Å²) in [6.07, 6.45) is 1.26. The molecule has 1 N–H and O–H groups in total. The summed E-state index contributed by atoms with van der Waals surface area (Å²) in [5.41, 5.74) is 0. The molecule has 4 heteroatoms. The van der Waals surface area contributed by atoms with Gasteiger partial charge in [-0.25, -0.2) is 0 Å². The molecule has 0 aromatic rings. The van der Waals surface area contributed by atoms with Crippen molar-refractivity contribution in [1.82, 2.24) is 15.1 Å². The maximum Gasteiger partial charge on any atom is 0.228 e. The van der Waals surface area contributed by atoms with Crippen LogP contribution in [0.4, 0.5) is 0 Å². The van der Waals surface area contributed by atoms with Crippen molar-refractivity contribution in [2.75, 3.05) is 45.8 Å². The minimum atomic E-state index is 0.261. The van der Waals surface area contributed by atoms with Gasteiger partial charge in [-0.15, -0.1) is 0 Å². The van der Waals surface area contributed by atoms with Crippen molar-refractivity contribution in [2.24, 2.45) is 11.8 Å². The van der Waals surface area contributed by atoms with Gasteiger partial charge in [0.1, 0.15) is 0 Å². The zero-order chi connectivity index (χ0) is 12.3. The van der Waals surface area contributed by atoms with E-state index in [1.165, 1.54) is 13.0 Å². The Morgan fingerprint density at radius 1 is 1.24 bits per heavy atom. The molecule has 0 aromatic carbocycles. The van der Waals surface area contributed by atoms with Gasteiger partial charge in [0.05, 0.1) is 5.92 Å². The molecule has 2 aliphatic heterocycles. The van der Waals surface area contributed by atoms with Crippen molar-refractivity contribution < 1.29 is 4.79 Å². The molecule has 2 saturated heterocycles. The van der Waals surface area contributed by atoms with Gasteiger partial charge in [0.25, 0.3) is 0 Å².